The van der Waals surface area contributed by atoms with E-state index in [1.54, 1.807) is 25.1 Å². The van der Waals surface area contributed by atoms with Crippen LogP contribution in [0.15, 0.2) is 66.4 Å². The Morgan fingerprint density at radius 3 is 2.56 bits per heavy atom. The van der Waals surface area contributed by atoms with Crippen LogP contribution in [-0.2, 0) is 25.5 Å². The molecule has 1 heterocycles. The number of ether oxygens (including phenoxy) is 1. The second kappa shape index (κ2) is 11.1. The molecule has 0 fully saturated rings. The number of carbonyl (C=O) groups is 3. The van der Waals surface area contributed by atoms with E-state index in [0.29, 0.717) is 17.1 Å². The lowest BCUT2D eigenvalue weighted by molar-refractivity contribution is -0.142. The van der Waals surface area contributed by atoms with E-state index in [-0.39, 0.29) is 37.4 Å². The van der Waals surface area contributed by atoms with Gasteiger partial charge in [0.25, 0.3) is 5.91 Å². The van der Waals surface area contributed by atoms with Crippen LogP contribution in [0.3, 0.4) is 0 Å². The molecule has 2 aromatic rings. The van der Waals surface area contributed by atoms with Crippen molar-refractivity contribution in [3.8, 4) is 0 Å². The first-order chi connectivity index (χ1) is 15.5. The zero-order valence-electron chi connectivity index (χ0n) is 18.5. The van der Waals surface area contributed by atoms with Crippen molar-refractivity contribution in [1.82, 2.24) is 5.32 Å². The van der Waals surface area contributed by atoms with Gasteiger partial charge in [-0.25, -0.2) is 0 Å². The third kappa shape index (κ3) is 6.44. The van der Waals surface area contributed by atoms with Crippen LogP contribution < -0.4 is 15.5 Å². The van der Waals surface area contributed by atoms with Gasteiger partial charge in [0.05, 0.1) is 24.4 Å². The lowest BCUT2D eigenvalue weighted by Gasteiger charge is -2.23. The number of hydrogen-bond acceptors (Lipinski definition) is 5. The number of anilines is 2. The summed E-state index contributed by atoms with van der Waals surface area (Å²) in [6.45, 7) is 3.84. The summed E-state index contributed by atoms with van der Waals surface area (Å²) in [6.07, 6.45) is 2.95. The maximum absolute atomic E-state index is 12.9. The molecule has 32 heavy (non-hydrogen) atoms. The lowest BCUT2D eigenvalue weighted by Crippen LogP contribution is -2.43. The van der Waals surface area contributed by atoms with E-state index in [2.05, 4.69) is 22.8 Å². The summed E-state index contributed by atoms with van der Waals surface area (Å²) in [7, 11) is 0. The highest BCUT2D eigenvalue weighted by molar-refractivity contribution is 6.09. The van der Waals surface area contributed by atoms with E-state index in [4.69, 9.17) is 4.74 Å². The van der Waals surface area contributed by atoms with E-state index in [1.165, 1.54) is 16.5 Å². The quantitative estimate of drug-likeness (QED) is 0.590. The molecule has 2 aromatic carbocycles. The van der Waals surface area contributed by atoms with Crippen molar-refractivity contribution in [2.24, 2.45) is 0 Å². The molecule has 0 spiro atoms. The fraction of sp³-hybridized carbons (Fsp3) is 0.320. The first-order valence-corrected chi connectivity index (χ1v) is 10.8. The Labute approximate surface area is 188 Å². The minimum atomic E-state index is -0.421. The van der Waals surface area contributed by atoms with Crippen LogP contribution >= 0.6 is 0 Å². The summed E-state index contributed by atoms with van der Waals surface area (Å²) in [4.78, 5) is 39.0. The molecule has 0 bridgehead atoms. The van der Waals surface area contributed by atoms with Gasteiger partial charge in [0.15, 0.2) is 0 Å². The molecule has 2 amide bonds. The summed E-state index contributed by atoms with van der Waals surface area (Å²) >= 11 is 0. The van der Waals surface area contributed by atoms with Crippen LogP contribution in [0, 0.1) is 0 Å². The number of aryl methyl sites for hydroxylation is 1. The fourth-order valence-electron chi connectivity index (χ4n) is 3.56. The van der Waals surface area contributed by atoms with Crippen molar-refractivity contribution >= 4 is 29.2 Å². The van der Waals surface area contributed by atoms with Crippen LogP contribution in [-0.4, -0.2) is 37.0 Å². The molecule has 168 valence electrons. The van der Waals surface area contributed by atoms with Crippen molar-refractivity contribution in [2.75, 3.05) is 23.4 Å². The highest BCUT2D eigenvalue weighted by atomic mass is 16.5. The fourth-order valence-corrected chi connectivity index (χ4v) is 3.56. The SMILES string of the molecule is CCOC(=O)CC1=CC(=O)N(CC(=O)N[C@@H](C)CCc2ccccc2)c2ccccc2N1. The normalized spacial score (nSPS) is 13.9. The number of nitrogens with one attached hydrogen (secondary N) is 2. The molecule has 0 aromatic heterocycles. The Balaban J connectivity index is 1.66. The van der Waals surface area contributed by atoms with Gasteiger partial charge in [0.1, 0.15) is 6.54 Å². The van der Waals surface area contributed by atoms with Crippen molar-refractivity contribution < 1.29 is 19.1 Å². The molecule has 7 heteroatoms. The maximum atomic E-state index is 12.9. The maximum Gasteiger partial charge on any atom is 0.311 e. The number of amides is 2. The Kier molecular flexibility index (Phi) is 8.02. The molecule has 0 unspecified atom stereocenters. The first-order valence-electron chi connectivity index (χ1n) is 10.8. The van der Waals surface area contributed by atoms with Crippen molar-refractivity contribution in [3.63, 3.8) is 0 Å². The Hall–Kier alpha value is -3.61. The van der Waals surface area contributed by atoms with Crippen molar-refractivity contribution in [2.45, 2.75) is 39.2 Å². The first kappa shape index (κ1) is 23.1. The zero-order chi connectivity index (χ0) is 22.9. The smallest absolute Gasteiger partial charge is 0.311 e. The zero-order valence-corrected chi connectivity index (χ0v) is 18.5. The number of esters is 1. The van der Waals surface area contributed by atoms with E-state index in [0.717, 1.165) is 12.8 Å². The molecule has 1 aliphatic heterocycles. The second-order valence-corrected chi connectivity index (χ2v) is 7.71. The summed E-state index contributed by atoms with van der Waals surface area (Å²) in [5.41, 5.74) is 2.88. The van der Waals surface area contributed by atoms with Crippen molar-refractivity contribution in [3.05, 3.63) is 71.9 Å². The Morgan fingerprint density at radius 1 is 1.09 bits per heavy atom. The van der Waals surface area contributed by atoms with Crippen LogP contribution in [0.25, 0.3) is 0 Å². The minimum Gasteiger partial charge on any atom is -0.466 e. The number of hydrogen-bond donors (Lipinski definition) is 2. The number of nitrogens with zero attached hydrogens (tertiary/aromatic N) is 1. The Morgan fingerprint density at radius 2 is 1.81 bits per heavy atom. The Bertz CT molecular complexity index is 988. The summed E-state index contributed by atoms with van der Waals surface area (Å²) in [5.74, 6) is -1.03. The number of fused-ring (bicyclic) bond motifs is 1. The predicted octanol–water partition coefficient (Wildman–Crippen LogP) is 3.42. The van der Waals surface area contributed by atoms with Gasteiger partial charge in [-0.05, 0) is 44.4 Å². The minimum absolute atomic E-state index is 0.0342. The molecule has 2 N–H and O–H groups in total. The summed E-state index contributed by atoms with van der Waals surface area (Å²) in [5, 5.41) is 6.11. The largest absolute Gasteiger partial charge is 0.466 e. The van der Waals surface area contributed by atoms with Gasteiger partial charge >= 0.3 is 5.97 Å². The van der Waals surface area contributed by atoms with Crippen LogP contribution in [0.2, 0.25) is 0 Å². The standard InChI is InChI=1S/C25H29N3O4/c1-3-32-25(31)16-20-15-24(30)28(22-12-8-7-11-21(22)27-20)17-23(29)26-18(2)13-14-19-9-5-4-6-10-19/h4-12,15,18,27H,3,13-14,16-17H2,1-2H3,(H,26,29)/t18-/m0/s1. The molecule has 7 nitrogen and oxygen atoms in total. The van der Waals surface area contributed by atoms with Gasteiger partial charge in [0, 0.05) is 17.8 Å². The summed E-state index contributed by atoms with van der Waals surface area (Å²) < 4.78 is 4.99. The third-order valence-corrected chi connectivity index (χ3v) is 5.11. The molecular formula is C25H29N3O4. The van der Waals surface area contributed by atoms with Gasteiger partial charge < -0.3 is 15.4 Å². The number of rotatable bonds is 9. The van der Waals surface area contributed by atoms with Gasteiger partial charge in [-0.1, -0.05) is 42.5 Å². The molecule has 0 radical (unpaired) electrons. The average Bonchev–Trinajstić information content (AvgIpc) is 2.89. The number of para-hydroxylation sites is 2. The third-order valence-electron chi connectivity index (χ3n) is 5.11. The van der Waals surface area contributed by atoms with Crippen LogP contribution in [0.4, 0.5) is 11.4 Å². The molecule has 0 saturated carbocycles. The average molecular weight is 436 g/mol. The monoisotopic (exact) mass is 435 g/mol. The van der Waals surface area contributed by atoms with Crippen LogP contribution in [0.1, 0.15) is 32.3 Å². The van der Waals surface area contributed by atoms with E-state index >= 15 is 0 Å². The van der Waals surface area contributed by atoms with Gasteiger partial charge in [-0.2, -0.15) is 0 Å². The molecule has 0 aliphatic carbocycles. The van der Waals surface area contributed by atoms with E-state index in [1.807, 2.05) is 31.2 Å². The van der Waals surface area contributed by atoms with E-state index in [9.17, 15) is 14.4 Å². The number of benzene rings is 2. The van der Waals surface area contributed by atoms with Crippen molar-refractivity contribution in [1.29, 1.82) is 0 Å². The van der Waals surface area contributed by atoms with Crippen LogP contribution in [0.5, 0.6) is 0 Å². The topological polar surface area (TPSA) is 87.7 Å². The van der Waals surface area contributed by atoms with Gasteiger partial charge in [-0.15, -0.1) is 0 Å². The molecule has 1 atom stereocenters. The summed E-state index contributed by atoms with van der Waals surface area (Å²) in [6, 6.07) is 17.3. The second-order valence-electron chi connectivity index (χ2n) is 7.71. The van der Waals surface area contributed by atoms with E-state index < -0.39 is 5.97 Å². The number of carbonyl (C=O) groups excluding carboxylic acids is 3. The van der Waals surface area contributed by atoms with Gasteiger partial charge in [0.2, 0.25) is 5.91 Å². The molecule has 0 saturated heterocycles. The van der Waals surface area contributed by atoms with Gasteiger partial charge in [-0.3, -0.25) is 19.3 Å². The lowest BCUT2D eigenvalue weighted by atomic mass is 10.1. The molecule has 3 rings (SSSR count). The highest BCUT2D eigenvalue weighted by Gasteiger charge is 2.25. The highest BCUT2D eigenvalue weighted by Crippen LogP contribution is 2.30. The molecule has 1 aliphatic rings. The predicted molar refractivity (Wildman–Crippen MR) is 124 cm³/mol. The molecular weight excluding hydrogens is 406 g/mol.